The van der Waals surface area contributed by atoms with Gasteiger partial charge in [-0.15, -0.1) is 10.2 Å². The van der Waals surface area contributed by atoms with Crippen molar-refractivity contribution < 1.29 is 0 Å². The summed E-state index contributed by atoms with van der Waals surface area (Å²) in [5.74, 6) is 1.78. The van der Waals surface area contributed by atoms with E-state index in [1.54, 1.807) is 6.20 Å². The number of hydrogen-bond acceptors (Lipinski definition) is 3. The Morgan fingerprint density at radius 3 is 3.00 bits per heavy atom. The predicted molar refractivity (Wildman–Crippen MR) is 56.8 cm³/mol. The van der Waals surface area contributed by atoms with Gasteiger partial charge in [-0.05, 0) is 5.92 Å². The summed E-state index contributed by atoms with van der Waals surface area (Å²) in [5.41, 5.74) is 0.661. The van der Waals surface area contributed by atoms with Crippen molar-refractivity contribution in [1.82, 2.24) is 19.6 Å². The lowest BCUT2D eigenvalue weighted by atomic mass is 9.83. The van der Waals surface area contributed by atoms with E-state index in [-0.39, 0.29) is 0 Å². The number of nitrogens with zero attached hydrogens (tertiary/aromatic N) is 4. The lowest BCUT2D eigenvalue weighted by Crippen LogP contribution is -2.15. The SMILES string of the molecule is Clc1nccn2c(CC3CCC3)nnc12. The third kappa shape index (κ3) is 1.49. The molecule has 1 fully saturated rings. The number of rotatable bonds is 2. The van der Waals surface area contributed by atoms with E-state index in [0.717, 1.165) is 18.2 Å². The summed E-state index contributed by atoms with van der Waals surface area (Å²) < 4.78 is 1.94. The summed E-state index contributed by atoms with van der Waals surface area (Å²) in [6, 6.07) is 0. The Morgan fingerprint density at radius 2 is 2.27 bits per heavy atom. The second-order valence-electron chi connectivity index (χ2n) is 4.03. The molecule has 0 unspecified atom stereocenters. The summed E-state index contributed by atoms with van der Waals surface area (Å²) in [7, 11) is 0. The molecule has 0 atom stereocenters. The molecule has 2 aromatic rings. The highest BCUT2D eigenvalue weighted by atomic mass is 35.5. The maximum atomic E-state index is 5.92. The minimum absolute atomic E-state index is 0.421. The predicted octanol–water partition coefficient (Wildman–Crippen LogP) is 2.12. The zero-order valence-corrected chi connectivity index (χ0v) is 8.98. The Morgan fingerprint density at radius 1 is 1.40 bits per heavy atom. The number of hydrogen-bond donors (Lipinski definition) is 0. The quantitative estimate of drug-likeness (QED) is 0.782. The molecule has 0 saturated heterocycles. The molecule has 0 spiro atoms. The minimum Gasteiger partial charge on any atom is -0.282 e. The van der Waals surface area contributed by atoms with Crippen molar-refractivity contribution in [2.75, 3.05) is 0 Å². The molecule has 0 amide bonds. The summed E-state index contributed by atoms with van der Waals surface area (Å²) in [5, 5.41) is 8.64. The topological polar surface area (TPSA) is 43.1 Å². The third-order valence-electron chi connectivity index (χ3n) is 3.05. The van der Waals surface area contributed by atoms with Crippen LogP contribution in [0.2, 0.25) is 5.15 Å². The van der Waals surface area contributed by atoms with Gasteiger partial charge in [0, 0.05) is 18.8 Å². The van der Waals surface area contributed by atoms with Gasteiger partial charge in [-0.1, -0.05) is 30.9 Å². The van der Waals surface area contributed by atoms with E-state index >= 15 is 0 Å². The first-order valence-electron chi connectivity index (χ1n) is 5.19. The molecule has 78 valence electrons. The van der Waals surface area contributed by atoms with E-state index in [9.17, 15) is 0 Å². The highest BCUT2D eigenvalue weighted by Gasteiger charge is 2.20. The molecule has 15 heavy (non-hydrogen) atoms. The molecule has 0 aromatic carbocycles. The van der Waals surface area contributed by atoms with Crippen molar-refractivity contribution in [1.29, 1.82) is 0 Å². The van der Waals surface area contributed by atoms with Gasteiger partial charge in [0.1, 0.15) is 5.82 Å². The molecule has 0 radical (unpaired) electrons. The molecular formula is C10H11ClN4. The van der Waals surface area contributed by atoms with Gasteiger partial charge >= 0.3 is 0 Å². The van der Waals surface area contributed by atoms with Gasteiger partial charge < -0.3 is 0 Å². The van der Waals surface area contributed by atoms with Crippen LogP contribution < -0.4 is 0 Å². The monoisotopic (exact) mass is 222 g/mol. The average molecular weight is 223 g/mol. The molecule has 1 aliphatic rings. The summed E-state index contributed by atoms with van der Waals surface area (Å²) in [6.45, 7) is 0. The maximum absolute atomic E-state index is 5.92. The fourth-order valence-electron chi connectivity index (χ4n) is 1.94. The highest BCUT2D eigenvalue weighted by Crippen LogP contribution is 2.29. The fourth-order valence-corrected chi connectivity index (χ4v) is 2.12. The van der Waals surface area contributed by atoms with Crippen molar-refractivity contribution in [3.63, 3.8) is 0 Å². The van der Waals surface area contributed by atoms with E-state index < -0.39 is 0 Å². The first kappa shape index (κ1) is 9.09. The smallest absolute Gasteiger partial charge is 0.198 e. The van der Waals surface area contributed by atoms with Gasteiger partial charge in [0.25, 0.3) is 0 Å². The zero-order chi connectivity index (χ0) is 10.3. The second-order valence-corrected chi connectivity index (χ2v) is 4.39. The molecule has 5 heteroatoms. The van der Waals surface area contributed by atoms with Gasteiger partial charge in [-0.2, -0.15) is 0 Å². The second kappa shape index (κ2) is 3.45. The number of aromatic nitrogens is 4. The molecule has 1 aliphatic carbocycles. The van der Waals surface area contributed by atoms with E-state index in [0.29, 0.717) is 10.8 Å². The molecule has 2 aromatic heterocycles. The first-order chi connectivity index (χ1) is 7.34. The molecule has 3 rings (SSSR count). The van der Waals surface area contributed by atoms with E-state index in [4.69, 9.17) is 11.6 Å². The van der Waals surface area contributed by atoms with Gasteiger partial charge in [0.15, 0.2) is 10.8 Å². The van der Waals surface area contributed by atoms with Crippen LogP contribution in [0.15, 0.2) is 12.4 Å². The van der Waals surface area contributed by atoms with Crippen LogP contribution in [0.1, 0.15) is 25.1 Å². The van der Waals surface area contributed by atoms with Gasteiger partial charge in [0.05, 0.1) is 0 Å². The summed E-state index contributed by atoms with van der Waals surface area (Å²) >= 11 is 5.92. The van der Waals surface area contributed by atoms with Crippen molar-refractivity contribution in [3.8, 4) is 0 Å². The zero-order valence-electron chi connectivity index (χ0n) is 8.23. The van der Waals surface area contributed by atoms with Crippen LogP contribution in [-0.2, 0) is 6.42 Å². The van der Waals surface area contributed by atoms with Crippen LogP contribution in [0.3, 0.4) is 0 Å². The molecular weight excluding hydrogens is 212 g/mol. The Balaban J connectivity index is 2.00. The van der Waals surface area contributed by atoms with Crippen LogP contribution in [0.5, 0.6) is 0 Å². The summed E-state index contributed by atoms with van der Waals surface area (Å²) in [4.78, 5) is 3.98. The van der Waals surface area contributed by atoms with Crippen molar-refractivity contribution in [3.05, 3.63) is 23.4 Å². The molecule has 4 nitrogen and oxygen atoms in total. The Hall–Kier alpha value is -1.16. The largest absolute Gasteiger partial charge is 0.282 e. The summed E-state index contributed by atoms with van der Waals surface area (Å²) in [6.07, 6.45) is 8.53. The normalized spacial score (nSPS) is 16.9. The van der Waals surface area contributed by atoms with Crippen molar-refractivity contribution in [2.24, 2.45) is 5.92 Å². The van der Waals surface area contributed by atoms with E-state index in [1.165, 1.54) is 19.3 Å². The van der Waals surface area contributed by atoms with Crippen LogP contribution >= 0.6 is 11.6 Å². The van der Waals surface area contributed by atoms with E-state index in [2.05, 4.69) is 15.2 Å². The average Bonchev–Trinajstić information content (AvgIpc) is 2.56. The Labute approximate surface area is 92.3 Å². The van der Waals surface area contributed by atoms with Crippen LogP contribution in [0.25, 0.3) is 5.65 Å². The molecule has 0 aliphatic heterocycles. The molecule has 2 heterocycles. The van der Waals surface area contributed by atoms with Crippen LogP contribution in [0, 0.1) is 5.92 Å². The Bertz CT molecular complexity index is 489. The van der Waals surface area contributed by atoms with Gasteiger partial charge in [-0.25, -0.2) is 4.98 Å². The molecule has 1 saturated carbocycles. The number of fused-ring (bicyclic) bond motifs is 1. The standard InChI is InChI=1S/C10H11ClN4/c11-9-10-14-13-8(6-7-2-1-3-7)15(10)5-4-12-9/h4-5,7H,1-3,6H2. The van der Waals surface area contributed by atoms with E-state index in [1.807, 2.05) is 10.6 Å². The lowest BCUT2D eigenvalue weighted by molar-refractivity contribution is 0.308. The highest BCUT2D eigenvalue weighted by molar-refractivity contribution is 6.32. The number of halogens is 1. The van der Waals surface area contributed by atoms with Crippen LogP contribution in [-0.4, -0.2) is 19.6 Å². The van der Waals surface area contributed by atoms with Gasteiger partial charge in [0.2, 0.25) is 0 Å². The molecule has 0 N–H and O–H groups in total. The first-order valence-corrected chi connectivity index (χ1v) is 5.56. The van der Waals surface area contributed by atoms with Gasteiger partial charge in [-0.3, -0.25) is 4.40 Å². The minimum atomic E-state index is 0.421. The third-order valence-corrected chi connectivity index (χ3v) is 3.32. The van der Waals surface area contributed by atoms with Crippen molar-refractivity contribution in [2.45, 2.75) is 25.7 Å². The maximum Gasteiger partial charge on any atom is 0.198 e. The van der Waals surface area contributed by atoms with Crippen molar-refractivity contribution >= 4 is 17.2 Å². The molecule has 0 bridgehead atoms. The fraction of sp³-hybridized carbons (Fsp3) is 0.500. The van der Waals surface area contributed by atoms with Crippen LogP contribution in [0.4, 0.5) is 0 Å². The Kier molecular flexibility index (Phi) is 2.09. The lowest BCUT2D eigenvalue weighted by Gasteiger charge is -2.24.